The fourth-order valence-corrected chi connectivity index (χ4v) is 1.91. The molecular formula is C14H8Cl2F. The SMILES string of the molecule is F/C(=C/c1c(Cl)cccc1Cl)c1cc[c]cc1. The molecule has 0 fully saturated rings. The highest BCUT2D eigenvalue weighted by molar-refractivity contribution is 6.37. The zero-order valence-electron chi connectivity index (χ0n) is 8.75. The third-order valence-electron chi connectivity index (χ3n) is 2.26. The summed E-state index contributed by atoms with van der Waals surface area (Å²) >= 11 is 11.9. The molecular weight excluding hydrogens is 258 g/mol. The van der Waals surface area contributed by atoms with Gasteiger partial charge in [-0.1, -0.05) is 53.5 Å². The number of halogens is 3. The Kier molecular flexibility index (Phi) is 3.82. The van der Waals surface area contributed by atoms with Crippen LogP contribution in [0.5, 0.6) is 0 Å². The van der Waals surface area contributed by atoms with Crippen molar-refractivity contribution in [3.05, 3.63) is 69.7 Å². The Bertz CT molecular complexity index is 527. The molecule has 0 atom stereocenters. The topological polar surface area (TPSA) is 0 Å². The summed E-state index contributed by atoms with van der Waals surface area (Å²) in [6.45, 7) is 0. The molecule has 0 nitrogen and oxygen atoms in total. The minimum absolute atomic E-state index is 0.381. The molecule has 17 heavy (non-hydrogen) atoms. The van der Waals surface area contributed by atoms with E-state index in [1.54, 1.807) is 42.5 Å². The molecule has 1 radical (unpaired) electrons. The lowest BCUT2D eigenvalue weighted by molar-refractivity contribution is 0.765. The maximum atomic E-state index is 13.9. The normalized spacial score (nSPS) is 11.6. The fraction of sp³-hybridized carbons (Fsp3) is 0. The molecule has 0 heterocycles. The van der Waals surface area contributed by atoms with E-state index in [-0.39, 0.29) is 5.83 Å². The molecule has 85 valence electrons. The van der Waals surface area contributed by atoms with E-state index in [2.05, 4.69) is 6.07 Å². The summed E-state index contributed by atoms with van der Waals surface area (Å²) in [5, 5.41) is 0.852. The van der Waals surface area contributed by atoms with Gasteiger partial charge >= 0.3 is 0 Å². The summed E-state index contributed by atoms with van der Waals surface area (Å²) in [5.74, 6) is -0.381. The van der Waals surface area contributed by atoms with E-state index in [0.29, 0.717) is 21.2 Å². The number of hydrogen-bond acceptors (Lipinski definition) is 0. The zero-order valence-corrected chi connectivity index (χ0v) is 10.3. The van der Waals surface area contributed by atoms with Crippen LogP contribution in [0.3, 0.4) is 0 Å². The van der Waals surface area contributed by atoms with Crippen LogP contribution in [-0.2, 0) is 0 Å². The van der Waals surface area contributed by atoms with Crippen LogP contribution in [0.1, 0.15) is 11.1 Å². The highest BCUT2D eigenvalue weighted by Crippen LogP contribution is 2.29. The summed E-state index contributed by atoms with van der Waals surface area (Å²) in [6, 6.07) is 14.5. The zero-order chi connectivity index (χ0) is 12.3. The van der Waals surface area contributed by atoms with Crippen molar-refractivity contribution in [2.24, 2.45) is 0 Å². The number of rotatable bonds is 2. The smallest absolute Gasteiger partial charge is 0.131 e. The summed E-state index contributed by atoms with van der Waals surface area (Å²) < 4.78 is 13.9. The molecule has 0 aliphatic heterocycles. The van der Waals surface area contributed by atoms with Crippen LogP contribution in [0.4, 0.5) is 4.39 Å². The largest absolute Gasteiger partial charge is 0.206 e. The van der Waals surface area contributed by atoms with Gasteiger partial charge in [0.05, 0.1) is 0 Å². The third-order valence-corrected chi connectivity index (χ3v) is 2.92. The van der Waals surface area contributed by atoms with Crippen LogP contribution in [0.15, 0.2) is 42.5 Å². The van der Waals surface area contributed by atoms with Crippen LogP contribution in [0.25, 0.3) is 11.9 Å². The van der Waals surface area contributed by atoms with Gasteiger partial charge in [-0.2, -0.15) is 0 Å². The van der Waals surface area contributed by atoms with Gasteiger partial charge in [0.25, 0.3) is 0 Å². The predicted molar refractivity (Wildman–Crippen MR) is 70.7 cm³/mol. The molecule has 3 heteroatoms. The van der Waals surface area contributed by atoms with Crippen LogP contribution in [0, 0.1) is 6.07 Å². The minimum Gasteiger partial charge on any atom is -0.206 e. The molecule has 0 unspecified atom stereocenters. The molecule has 0 aliphatic carbocycles. The van der Waals surface area contributed by atoms with Gasteiger partial charge in [-0.05, 0) is 24.3 Å². The van der Waals surface area contributed by atoms with Crippen molar-refractivity contribution in [3.8, 4) is 0 Å². The Morgan fingerprint density at radius 2 is 1.65 bits per heavy atom. The van der Waals surface area contributed by atoms with Crippen LogP contribution in [0.2, 0.25) is 10.0 Å². The first kappa shape index (κ1) is 12.2. The first-order valence-corrected chi connectivity index (χ1v) is 5.72. The number of hydrogen-bond donors (Lipinski definition) is 0. The van der Waals surface area contributed by atoms with Crippen molar-refractivity contribution in [1.82, 2.24) is 0 Å². The molecule has 0 saturated carbocycles. The Hall–Kier alpha value is -1.31. The monoisotopic (exact) mass is 265 g/mol. The second-order valence-electron chi connectivity index (χ2n) is 3.42. The Balaban J connectivity index is 2.43. The van der Waals surface area contributed by atoms with Gasteiger partial charge in [0, 0.05) is 21.2 Å². The minimum atomic E-state index is -0.381. The van der Waals surface area contributed by atoms with Crippen molar-refractivity contribution in [1.29, 1.82) is 0 Å². The van der Waals surface area contributed by atoms with E-state index in [1.165, 1.54) is 6.08 Å². The van der Waals surface area contributed by atoms with Gasteiger partial charge in [-0.15, -0.1) is 0 Å². The summed E-state index contributed by atoms with van der Waals surface area (Å²) in [5.41, 5.74) is 0.959. The van der Waals surface area contributed by atoms with Gasteiger partial charge in [0.2, 0.25) is 0 Å². The molecule has 0 amide bonds. The first-order valence-electron chi connectivity index (χ1n) is 4.96. The second-order valence-corrected chi connectivity index (χ2v) is 4.23. The van der Waals surface area contributed by atoms with Crippen LogP contribution < -0.4 is 0 Å². The molecule has 2 aromatic rings. The van der Waals surface area contributed by atoms with Gasteiger partial charge in [0.1, 0.15) is 5.83 Å². The van der Waals surface area contributed by atoms with Gasteiger partial charge in [-0.3, -0.25) is 0 Å². The van der Waals surface area contributed by atoms with Crippen LogP contribution in [-0.4, -0.2) is 0 Å². The first-order chi connectivity index (χ1) is 8.18. The lowest BCUT2D eigenvalue weighted by Gasteiger charge is -2.02. The Morgan fingerprint density at radius 1 is 1.06 bits per heavy atom. The maximum absolute atomic E-state index is 13.9. The summed E-state index contributed by atoms with van der Waals surface area (Å²) in [6.07, 6.45) is 1.33. The second kappa shape index (κ2) is 5.35. The molecule has 0 spiro atoms. The predicted octanol–water partition coefficient (Wildman–Crippen LogP) is 5.26. The fourth-order valence-electron chi connectivity index (χ4n) is 1.40. The van der Waals surface area contributed by atoms with Gasteiger partial charge in [0.15, 0.2) is 0 Å². The average molecular weight is 266 g/mol. The Labute approximate surface area is 109 Å². The molecule has 2 aromatic carbocycles. The number of benzene rings is 2. The lowest BCUT2D eigenvalue weighted by Crippen LogP contribution is -1.81. The van der Waals surface area contributed by atoms with Crippen molar-refractivity contribution in [2.75, 3.05) is 0 Å². The van der Waals surface area contributed by atoms with E-state index < -0.39 is 0 Å². The highest BCUT2D eigenvalue weighted by Gasteiger charge is 2.05. The molecule has 0 bridgehead atoms. The molecule has 2 rings (SSSR count). The van der Waals surface area contributed by atoms with Crippen molar-refractivity contribution in [3.63, 3.8) is 0 Å². The maximum Gasteiger partial charge on any atom is 0.131 e. The van der Waals surface area contributed by atoms with Crippen molar-refractivity contribution >= 4 is 35.1 Å². The van der Waals surface area contributed by atoms with E-state index in [1.807, 2.05) is 0 Å². The standard InChI is InChI=1S/C14H8Cl2F/c15-12-7-4-8-13(16)11(12)9-14(17)10-5-2-1-3-6-10/h2-9H/b14-9+. The molecule has 0 aromatic heterocycles. The Morgan fingerprint density at radius 3 is 2.24 bits per heavy atom. The van der Waals surface area contributed by atoms with E-state index in [9.17, 15) is 4.39 Å². The van der Waals surface area contributed by atoms with Gasteiger partial charge in [-0.25, -0.2) is 4.39 Å². The molecule has 0 aliphatic rings. The average Bonchev–Trinajstić information content (AvgIpc) is 2.35. The third kappa shape index (κ3) is 2.87. The molecule has 0 saturated heterocycles. The highest BCUT2D eigenvalue weighted by atomic mass is 35.5. The van der Waals surface area contributed by atoms with Crippen molar-refractivity contribution < 1.29 is 4.39 Å². The van der Waals surface area contributed by atoms with E-state index >= 15 is 0 Å². The lowest BCUT2D eigenvalue weighted by atomic mass is 10.1. The summed E-state index contributed by atoms with van der Waals surface area (Å²) in [7, 11) is 0. The quantitative estimate of drug-likeness (QED) is 0.650. The van der Waals surface area contributed by atoms with Crippen molar-refractivity contribution in [2.45, 2.75) is 0 Å². The van der Waals surface area contributed by atoms with E-state index in [0.717, 1.165) is 0 Å². The summed E-state index contributed by atoms with van der Waals surface area (Å²) in [4.78, 5) is 0. The molecule has 0 N–H and O–H groups in total. The van der Waals surface area contributed by atoms with Crippen LogP contribution >= 0.6 is 23.2 Å². The van der Waals surface area contributed by atoms with Gasteiger partial charge < -0.3 is 0 Å². The van der Waals surface area contributed by atoms with E-state index in [4.69, 9.17) is 23.2 Å².